The van der Waals surface area contributed by atoms with Crippen LogP contribution in [0.25, 0.3) is 0 Å². The van der Waals surface area contributed by atoms with Crippen molar-refractivity contribution in [3.63, 3.8) is 0 Å². The molecule has 2 aromatic rings. The van der Waals surface area contributed by atoms with Gasteiger partial charge in [-0.2, -0.15) is 0 Å². The van der Waals surface area contributed by atoms with E-state index in [0.717, 1.165) is 17.7 Å². The van der Waals surface area contributed by atoms with E-state index in [4.69, 9.17) is 4.42 Å². The van der Waals surface area contributed by atoms with E-state index in [-0.39, 0.29) is 12.1 Å². The Balaban J connectivity index is 1.96. The lowest BCUT2D eigenvalue weighted by Gasteiger charge is -2.23. The summed E-state index contributed by atoms with van der Waals surface area (Å²) in [5.41, 5.74) is 2.42. The fraction of sp³-hybridized carbons (Fsp3) is 0.389. The van der Waals surface area contributed by atoms with Crippen LogP contribution in [0.5, 0.6) is 0 Å². The van der Waals surface area contributed by atoms with Gasteiger partial charge in [0.25, 0.3) is 0 Å². The molecule has 22 heavy (non-hydrogen) atoms. The predicted molar refractivity (Wildman–Crippen MR) is 87.5 cm³/mol. The predicted octanol–water partition coefficient (Wildman–Crippen LogP) is 4.04. The largest absolute Gasteiger partial charge is 0.467 e. The van der Waals surface area contributed by atoms with Crippen LogP contribution in [0, 0.1) is 5.92 Å². The average molecular weight is 300 g/mol. The number of urea groups is 1. The Hall–Kier alpha value is -2.23. The first-order valence-corrected chi connectivity index (χ1v) is 7.75. The van der Waals surface area contributed by atoms with Crippen molar-refractivity contribution >= 4 is 6.03 Å². The van der Waals surface area contributed by atoms with Gasteiger partial charge in [0.2, 0.25) is 0 Å². The molecule has 0 bridgehead atoms. The smallest absolute Gasteiger partial charge is 0.315 e. The first-order valence-electron chi connectivity index (χ1n) is 7.75. The summed E-state index contributed by atoms with van der Waals surface area (Å²) in [4.78, 5) is 12.1. The molecule has 0 spiro atoms. The Bertz CT molecular complexity index is 574. The van der Waals surface area contributed by atoms with Crippen molar-refractivity contribution in [3.05, 3.63) is 59.5 Å². The SMILES string of the molecule is CCc1ccc([C@H](NC(=O)NCc2ccco2)C(C)C)cc1. The molecule has 0 saturated heterocycles. The maximum atomic E-state index is 12.1. The number of rotatable bonds is 6. The molecule has 4 nitrogen and oxygen atoms in total. The van der Waals surface area contributed by atoms with Gasteiger partial charge in [-0.3, -0.25) is 0 Å². The monoisotopic (exact) mass is 300 g/mol. The molecule has 0 radical (unpaired) electrons. The molecule has 0 aliphatic carbocycles. The molecule has 2 N–H and O–H groups in total. The number of hydrogen-bond donors (Lipinski definition) is 2. The van der Waals surface area contributed by atoms with Gasteiger partial charge in [0, 0.05) is 0 Å². The number of amides is 2. The van der Waals surface area contributed by atoms with Crippen molar-refractivity contribution in [2.24, 2.45) is 5.92 Å². The molecule has 2 amide bonds. The van der Waals surface area contributed by atoms with Crippen molar-refractivity contribution in [3.8, 4) is 0 Å². The zero-order valence-electron chi connectivity index (χ0n) is 13.4. The molecule has 118 valence electrons. The Morgan fingerprint density at radius 3 is 2.45 bits per heavy atom. The quantitative estimate of drug-likeness (QED) is 0.846. The van der Waals surface area contributed by atoms with Gasteiger partial charge in [-0.25, -0.2) is 4.79 Å². The van der Waals surface area contributed by atoms with Crippen LogP contribution in [-0.4, -0.2) is 6.03 Å². The number of furan rings is 1. The van der Waals surface area contributed by atoms with Crippen LogP contribution in [-0.2, 0) is 13.0 Å². The van der Waals surface area contributed by atoms with E-state index in [1.165, 1.54) is 5.56 Å². The maximum absolute atomic E-state index is 12.1. The van der Waals surface area contributed by atoms with E-state index in [1.54, 1.807) is 12.3 Å². The molecule has 0 fully saturated rings. The van der Waals surface area contributed by atoms with E-state index < -0.39 is 0 Å². The number of aryl methyl sites for hydroxylation is 1. The Morgan fingerprint density at radius 2 is 1.91 bits per heavy atom. The van der Waals surface area contributed by atoms with E-state index in [0.29, 0.717) is 12.5 Å². The molecule has 4 heteroatoms. The van der Waals surface area contributed by atoms with Gasteiger partial charge in [-0.05, 0) is 35.6 Å². The summed E-state index contributed by atoms with van der Waals surface area (Å²) in [6, 6.07) is 11.9. The highest BCUT2D eigenvalue weighted by Crippen LogP contribution is 2.22. The van der Waals surface area contributed by atoms with E-state index in [2.05, 4.69) is 55.7 Å². The maximum Gasteiger partial charge on any atom is 0.315 e. The number of hydrogen-bond acceptors (Lipinski definition) is 2. The van der Waals surface area contributed by atoms with E-state index in [9.17, 15) is 4.79 Å². The van der Waals surface area contributed by atoms with Gasteiger partial charge >= 0.3 is 6.03 Å². The van der Waals surface area contributed by atoms with Crippen molar-refractivity contribution in [2.75, 3.05) is 0 Å². The van der Waals surface area contributed by atoms with Crippen LogP contribution in [0.4, 0.5) is 4.79 Å². The summed E-state index contributed by atoms with van der Waals surface area (Å²) in [6.45, 7) is 6.73. The molecule has 1 heterocycles. The molecule has 0 aliphatic heterocycles. The summed E-state index contributed by atoms with van der Waals surface area (Å²) in [5.74, 6) is 1.05. The third kappa shape index (κ3) is 4.38. The van der Waals surface area contributed by atoms with Crippen molar-refractivity contribution < 1.29 is 9.21 Å². The van der Waals surface area contributed by atoms with Crippen LogP contribution in [0.1, 0.15) is 43.7 Å². The standard InChI is InChI=1S/C18H24N2O2/c1-4-14-7-9-15(10-8-14)17(13(2)3)20-18(21)19-12-16-6-5-11-22-16/h5-11,13,17H,4,12H2,1-3H3,(H2,19,20,21)/t17-/m1/s1. The average Bonchev–Trinajstić information content (AvgIpc) is 3.04. The lowest BCUT2D eigenvalue weighted by atomic mass is 9.95. The molecular formula is C18H24N2O2. The van der Waals surface area contributed by atoms with E-state index >= 15 is 0 Å². The summed E-state index contributed by atoms with van der Waals surface area (Å²) in [7, 11) is 0. The van der Waals surface area contributed by atoms with Crippen molar-refractivity contribution in [1.29, 1.82) is 0 Å². The minimum atomic E-state index is -0.185. The molecule has 1 aromatic carbocycles. The van der Waals surface area contributed by atoms with Crippen LogP contribution >= 0.6 is 0 Å². The molecule has 0 aliphatic rings. The number of carbonyl (C=O) groups excluding carboxylic acids is 1. The first kappa shape index (κ1) is 16.1. The van der Waals surface area contributed by atoms with Crippen LogP contribution in [0.15, 0.2) is 47.1 Å². The second-order valence-electron chi connectivity index (χ2n) is 5.72. The summed E-state index contributed by atoms with van der Waals surface area (Å²) in [6.07, 6.45) is 2.62. The highest BCUT2D eigenvalue weighted by atomic mass is 16.3. The fourth-order valence-electron chi connectivity index (χ4n) is 2.37. The number of nitrogens with one attached hydrogen (secondary N) is 2. The van der Waals surface area contributed by atoms with Crippen molar-refractivity contribution in [1.82, 2.24) is 10.6 Å². The van der Waals surface area contributed by atoms with E-state index in [1.807, 2.05) is 6.07 Å². The molecule has 1 aromatic heterocycles. The topological polar surface area (TPSA) is 54.3 Å². The van der Waals surface area contributed by atoms with Gasteiger partial charge in [-0.1, -0.05) is 45.0 Å². The third-order valence-electron chi connectivity index (χ3n) is 3.70. The lowest BCUT2D eigenvalue weighted by molar-refractivity contribution is 0.231. The third-order valence-corrected chi connectivity index (χ3v) is 3.70. The highest BCUT2D eigenvalue weighted by molar-refractivity contribution is 5.74. The van der Waals surface area contributed by atoms with Crippen LogP contribution in [0.2, 0.25) is 0 Å². The van der Waals surface area contributed by atoms with Gasteiger partial charge in [0.15, 0.2) is 0 Å². The second-order valence-corrected chi connectivity index (χ2v) is 5.72. The zero-order valence-corrected chi connectivity index (χ0v) is 13.4. The van der Waals surface area contributed by atoms with Gasteiger partial charge in [-0.15, -0.1) is 0 Å². The Morgan fingerprint density at radius 1 is 1.18 bits per heavy atom. The minimum Gasteiger partial charge on any atom is -0.467 e. The zero-order chi connectivity index (χ0) is 15.9. The Kier molecular flexibility index (Phi) is 5.64. The molecule has 1 atom stereocenters. The fourth-order valence-corrected chi connectivity index (χ4v) is 2.37. The lowest BCUT2D eigenvalue weighted by Crippen LogP contribution is -2.39. The summed E-state index contributed by atoms with van der Waals surface area (Å²) < 4.78 is 5.20. The molecule has 0 saturated carbocycles. The second kappa shape index (κ2) is 7.69. The first-order chi connectivity index (χ1) is 10.6. The minimum absolute atomic E-state index is 0.0116. The van der Waals surface area contributed by atoms with Crippen LogP contribution in [0.3, 0.4) is 0 Å². The van der Waals surface area contributed by atoms with Gasteiger partial charge < -0.3 is 15.1 Å². The normalized spacial score (nSPS) is 12.2. The van der Waals surface area contributed by atoms with Gasteiger partial charge in [0.05, 0.1) is 18.8 Å². The molecule has 2 rings (SSSR count). The number of carbonyl (C=O) groups is 1. The van der Waals surface area contributed by atoms with Gasteiger partial charge in [0.1, 0.15) is 5.76 Å². The molecular weight excluding hydrogens is 276 g/mol. The number of benzene rings is 1. The highest BCUT2D eigenvalue weighted by Gasteiger charge is 2.18. The molecule has 0 unspecified atom stereocenters. The van der Waals surface area contributed by atoms with Crippen molar-refractivity contribution in [2.45, 2.75) is 39.8 Å². The summed E-state index contributed by atoms with van der Waals surface area (Å²) in [5, 5.41) is 5.86. The van der Waals surface area contributed by atoms with Crippen LogP contribution < -0.4 is 10.6 Å². The summed E-state index contributed by atoms with van der Waals surface area (Å²) >= 11 is 0. The Labute approximate surface area is 131 Å².